The molecule has 0 aliphatic heterocycles. The van der Waals surface area contributed by atoms with E-state index in [4.69, 9.17) is 4.42 Å². The van der Waals surface area contributed by atoms with Gasteiger partial charge >= 0.3 is 5.76 Å². The summed E-state index contributed by atoms with van der Waals surface area (Å²) in [6, 6.07) is 13.6. The van der Waals surface area contributed by atoms with Gasteiger partial charge in [0.2, 0.25) is 5.91 Å². The van der Waals surface area contributed by atoms with Crippen LogP contribution in [0.4, 0.5) is 4.39 Å². The van der Waals surface area contributed by atoms with Crippen molar-refractivity contribution in [1.29, 1.82) is 0 Å². The molecule has 1 heterocycles. The largest absolute Gasteiger partial charge is 0.419 e. The normalized spacial score (nSPS) is 11.0. The van der Waals surface area contributed by atoms with Gasteiger partial charge in [-0.3, -0.25) is 9.36 Å². The summed E-state index contributed by atoms with van der Waals surface area (Å²) in [7, 11) is 0. The first-order valence-electron chi connectivity index (χ1n) is 8.87. The summed E-state index contributed by atoms with van der Waals surface area (Å²) in [6.07, 6.45) is 1.76. The molecule has 3 rings (SSSR count). The number of rotatable bonds is 9. The smallest absolute Gasteiger partial charge is 0.408 e. The van der Waals surface area contributed by atoms with E-state index in [1.807, 2.05) is 18.2 Å². The number of oxazole rings is 1. The quantitative estimate of drug-likeness (QED) is 0.447. The Bertz CT molecular complexity index is 950. The van der Waals surface area contributed by atoms with E-state index in [1.165, 1.54) is 12.1 Å². The molecule has 3 aromatic rings. The van der Waals surface area contributed by atoms with Crippen LogP contribution in [-0.4, -0.2) is 22.8 Å². The molecule has 0 spiro atoms. The van der Waals surface area contributed by atoms with Crippen LogP contribution in [0.2, 0.25) is 0 Å². The molecule has 0 saturated heterocycles. The van der Waals surface area contributed by atoms with Crippen LogP contribution in [0, 0.1) is 5.82 Å². The van der Waals surface area contributed by atoms with Gasteiger partial charge in [-0.25, -0.2) is 9.18 Å². The summed E-state index contributed by atoms with van der Waals surface area (Å²) in [6.45, 7) is 1.05. The number of aryl methyl sites for hydroxylation is 1. The van der Waals surface area contributed by atoms with Crippen molar-refractivity contribution in [3.8, 4) is 0 Å². The zero-order valence-corrected chi connectivity index (χ0v) is 15.6. The highest BCUT2D eigenvalue weighted by molar-refractivity contribution is 7.99. The summed E-state index contributed by atoms with van der Waals surface area (Å²) >= 11 is 1.63. The fourth-order valence-corrected chi connectivity index (χ4v) is 3.59. The third-order valence-electron chi connectivity index (χ3n) is 4.08. The molecule has 0 bridgehead atoms. The molecule has 0 atom stereocenters. The lowest BCUT2D eigenvalue weighted by molar-refractivity contribution is -0.121. The van der Waals surface area contributed by atoms with Crippen molar-refractivity contribution in [2.45, 2.75) is 30.7 Å². The summed E-state index contributed by atoms with van der Waals surface area (Å²) in [5.41, 5.74) is 1.31. The molecule has 2 aromatic carbocycles. The van der Waals surface area contributed by atoms with Crippen molar-refractivity contribution in [2.24, 2.45) is 0 Å². The SMILES string of the molecule is O=C(CCCn1c(=O)oc2ccccc21)NCCCSc1ccc(F)cc1. The number of amides is 1. The fourth-order valence-electron chi connectivity index (χ4n) is 2.73. The van der Waals surface area contributed by atoms with Crippen molar-refractivity contribution < 1.29 is 13.6 Å². The summed E-state index contributed by atoms with van der Waals surface area (Å²) in [5.74, 6) is 0.192. The molecular weight excluding hydrogens is 367 g/mol. The van der Waals surface area contributed by atoms with Gasteiger partial charge in [-0.1, -0.05) is 12.1 Å². The number of halogens is 1. The topological polar surface area (TPSA) is 64.2 Å². The van der Waals surface area contributed by atoms with Crippen molar-refractivity contribution in [3.05, 3.63) is 64.9 Å². The molecule has 7 heteroatoms. The minimum atomic E-state index is -0.394. The molecule has 0 fully saturated rings. The molecule has 0 radical (unpaired) electrons. The van der Waals surface area contributed by atoms with Crippen molar-refractivity contribution in [1.82, 2.24) is 9.88 Å². The Morgan fingerprint density at radius 2 is 1.89 bits per heavy atom. The first-order valence-corrected chi connectivity index (χ1v) is 9.85. The van der Waals surface area contributed by atoms with Gasteiger partial charge in [0.25, 0.3) is 0 Å². The lowest BCUT2D eigenvalue weighted by atomic mass is 10.2. The standard InChI is InChI=1S/C20H21FN2O3S/c21-15-8-10-16(11-9-15)27-14-4-12-22-19(24)7-3-13-23-17-5-1-2-6-18(17)26-20(23)25/h1-2,5-6,8-11H,3-4,7,12-14H2,(H,22,24). The number of benzene rings is 2. The Kier molecular flexibility index (Phi) is 6.70. The summed E-state index contributed by atoms with van der Waals surface area (Å²) in [4.78, 5) is 24.8. The van der Waals surface area contributed by atoms with Crippen LogP contribution in [0.5, 0.6) is 0 Å². The van der Waals surface area contributed by atoms with Crippen LogP contribution < -0.4 is 11.1 Å². The first-order chi connectivity index (χ1) is 13.1. The van der Waals surface area contributed by atoms with E-state index in [9.17, 15) is 14.0 Å². The molecule has 1 amide bonds. The molecule has 1 aromatic heterocycles. The van der Waals surface area contributed by atoms with Gasteiger partial charge in [-0.2, -0.15) is 0 Å². The molecule has 0 aliphatic carbocycles. The maximum atomic E-state index is 12.8. The predicted molar refractivity (Wildman–Crippen MR) is 104 cm³/mol. The zero-order chi connectivity index (χ0) is 19.1. The van der Waals surface area contributed by atoms with Crippen LogP contribution in [0.3, 0.4) is 0 Å². The van der Waals surface area contributed by atoms with Crippen LogP contribution in [-0.2, 0) is 11.3 Å². The van der Waals surface area contributed by atoms with E-state index < -0.39 is 5.76 Å². The predicted octanol–water partition coefficient (Wildman–Crippen LogP) is 3.81. The number of hydrogen-bond acceptors (Lipinski definition) is 4. The Hall–Kier alpha value is -2.54. The highest BCUT2D eigenvalue weighted by Gasteiger charge is 2.09. The van der Waals surface area contributed by atoms with Crippen molar-refractivity contribution in [3.63, 3.8) is 0 Å². The van der Waals surface area contributed by atoms with E-state index in [1.54, 1.807) is 34.5 Å². The van der Waals surface area contributed by atoms with Gasteiger partial charge in [0.1, 0.15) is 5.82 Å². The number of hydrogen-bond donors (Lipinski definition) is 1. The van der Waals surface area contributed by atoms with E-state index >= 15 is 0 Å². The molecule has 27 heavy (non-hydrogen) atoms. The summed E-state index contributed by atoms with van der Waals surface area (Å²) < 4.78 is 19.6. The average molecular weight is 388 g/mol. The highest BCUT2D eigenvalue weighted by Crippen LogP contribution is 2.18. The van der Waals surface area contributed by atoms with E-state index in [0.717, 1.165) is 22.6 Å². The number of fused-ring (bicyclic) bond motifs is 1. The molecule has 142 valence electrons. The van der Waals surface area contributed by atoms with E-state index in [2.05, 4.69) is 5.32 Å². The third kappa shape index (κ3) is 5.47. The van der Waals surface area contributed by atoms with Crippen LogP contribution in [0.1, 0.15) is 19.3 Å². The molecular formula is C20H21FN2O3S. The van der Waals surface area contributed by atoms with E-state index in [0.29, 0.717) is 31.5 Å². The highest BCUT2D eigenvalue weighted by atomic mass is 32.2. The number of para-hydroxylation sites is 2. The number of carbonyl (C=O) groups is 1. The maximum absolute atomic E-state index is 12.8. The van der Waals surface area contributed by atoms with Crippen molar-refractivity contribution in [2.75, 3.05) is 12.3 Å². The lowest BCUT2D eigenvalue weighted by Crippen LogP contribution is -2.25. The van der Waals surface area contributed by atoms with Crippen LogP contribution >= 0.6 is 11.8 Å². The second-order valence-corrected chi connectivity index (χ2v) is 7.27. The number of carbonyl (C=O) groups excluding carboxylic acids is 1. The molecule has 1 N–H and O–H groups in total. The average Bonchev–Trinajstić information content (AvgIpc) is 2.98. The molecule has 5 nitrogen and oxygen atoms in total. The van der Waals surface area contributed by atoms with Crippen LogP contribution in [0.15, 0.2) is 62.6 Å². The monoisotopic (exact) mass is 388 g/mol. The van der Waals surface area contributed by atoms with Gasteiger partial charge in [0.05, 0.1) is 5.52 Å². The molecule has 0 saturated carbocycles. The number of thioether (sulfide) groups is 1. The number of nitrogens with zero attached hydrogens (tertiary/aromatic N) is 1. The van der Waals surface area contributed by atoms with Gasteiger partial charge < -0.3 is 9.73 Å². The maximum Gasteiger partial charge on any atom is 0.419 e. The second kappa shape index (κ2) is 9.41. The molecule has 0 unspecified atom stereocenters. The lowest BCUT2D eigenvalue weighted by Gasteiger charge is -2.06. The Morgan fingerprint density at radius 1 is 1.11 bits per heavy atom. The minimum Gasteiger partial charge on any atom is -0.408 e. The number of nitrogens with one attached hydrogen (secondary N) is 1. The third-order valence-corrected chi connectivity index (χ3v) is 5.18. The Morgan fingerprint density at radius 3 is 2.70 bits per heavy atom. The first kappa shape index (κ1) is 19.2. The van der Waals surface area contributed by atoms with Gasteiger partial charge in [-0.05, 0) is 55.0 Å². The fraction of sp³-hybridized carbons (Fsp3) is 0.300. The number of aromatic nitrogens is 1. The Balaban J connectivity index is 1.33. The van der Waals surface area contributed by atoms with Gasteiger partial charge in [-0.15, -0.1) is 11.8 Å². The zero-order valence-electron chi connectivity index (χ0n) is 14.8. The Labute approximate surface area is 160 Å². The van der Waals surface area contributed by atoms with Gasteiger partial charge in [0.15, 0.2) is 5.58 Å². The van der Waals surface area contributed by atoms with Gasteiger partial charge in [0, 0.05) is 24.4 Å². The van der Waals surface area contributed by atoms with E-state index in [-0.39, 0.29) is 11.7 Å². The van der Waals surface area contributed by atoms with Crippen molar-refractivity contribution >= 4 is 28.8 Å². The van der Waals surface area contributed by atoms with Crippen LogP contribution in [0.25, 0.3) is 11.1 Å². The molecule has 0 aliphatic rings. The minimum absolute atomic E-state index is 0.0253. The second-order valence-electron chi connectivity index (χ2n) is 6.10. The summed E-state index contributed by atoms with van der Waals surface area (Å²) in [5, 5.41) is 2.89.